The highest BCUT2D eigenvalue weighted by atomic mass is 16.3. The smallest absolute Gasteiger partial charge is 0.0574 e. The molecule has 3 atom stereocenters. The summed E-state index contributed by atoms with van der Waals surface area (Å²) in [5.41, 5.74) is 0. The Balaban J connectivity index is 2.42. The first-order valence-corrected chi connectivity index (χ1v) is 4.94. The first-order chi connectivity index (χ1) is 5.65. The van der Waals surface area contributed by atoms with Crippen LogP contribution in [-0.2, 0) is 0 Å². The molecular weight excluding hydrogens is 152 g/mol. The van der Waals surface area contributed by atoms with Gasteiger partial charge in [0.1, 0.15) is 0 Å². The summed E-state index contributed by atoms with van der Waals surface area (Å²) >= 11 is 0. The van der Waals surface area contributed by atoms with Crippen molar-refractivity contribution >= 4 is 0 Å². The van der Waals surface area contributed by atoms with Crippen molar-refractivity contribution in [2.75, 3.05) is 6.61 Å². The molecule has 0 heterocycles. The largest absolute Gasteiger partial charge is 0.396 e. The lowest BCUT2D eigenvalue weighted by atomic mass is 9.75. The van der Waals surface area contributed by atoms with Gasteiger partial charge >= 0.3 is 0 Å². The van der Waals surface area contributed by atoms with Gasteiger partial charge in [-0.1, -0.05) is 13.8 Å². The third-order valence-corrected chi connectivity index (χ3v) is 3.09. The van der Waals surface area contributed by atoms with Gasteiger partial charge in [0, 0.05) is 6.61 Å². The summed E-state index contributed by atoms with van der Waals surface area (Å²) in [5.74, 6) is 1.36. The highest BCUT2D eigenvalue weighted by molar-refractivity contribution is 4.80. The van der Waals surface area contributed by atoms with Gasteiger partial charge in [0.2, 0.25) is 0 Å². The second-order valence-electron chi connectivity index (χ2n) is 4.34. The molecule has 1 aliphatic rings. The van der Waals surface area contributed by atoms with E-state index in [0.29, 0.717) is 17.8 Å². The van der Waals surface area contributed by atoms with Crippen molar-refractivity contribution in [1.82, 2.24) is 0 Å². The topological polar surface area (TPSA) is 40.5 Å². The van der Waals surface area contributed by atoms with Gasteiger partial charge in [-0.25, -0.2) is 0 Å². The zero-order valence-electron chi connectivity index (χ0n) is 8.03. The third kappa shape index (κ3) is 2.20. The zero-order chi connectivity index (χ0) is 9.14. The van der Waals surface area contributed by atoms with E-state index >= 15 is 0 Å². The molecule has 0 unspecified atom stereocenters. The van der Waals surface area contributed by atoms with Gasteiger partial charge in [0.05, 0.1) is 6.10 Å². The summed E-state index contributed by atoms with van der Waals surface area (Å²) in [7, 11) is 0. The number of hydrogen-bond acceptors (Lipinski definition) is 2. The van der Waals surface area contributed by atoms with Gasteiger partial charge in [-0.2, -0.15) is 0 Å². The number of hydrogen-bond donors (Lipinski definition) is 2. The van der Waals surface area contributed by atoms with E-state index in [-0.39, 0.29) is 12.7 Å². The molecule has 2 nitrogen and oxygen atoms in total. The summed E-state index contributed by atoms with van der Waals surface area (Å²) in [4.78, 5) is 0. The van der Waals surface area contributed by atoms with Gasteiger partial charge < -0.3 is 10.2 Å². The van der Waals surface area contributed by atoms with Crippen LogP contribution in [0.1, 0.15) is 33.1 Å². The van der Waals surface area contributed by atoms with E-state index in [1.807, 2.05) is 0 Å². The van der Waals surface area contributed by atoms with E-state index in [4.69, 9.17) is 5.11 Å². The summed E-state index contributed by atoms with van der Waals surface area (Å²) in [6.07, 6.45) is 2.76. The van der Waals surface area contributed by atoms with Crippen molar-refractivity contribution in [3.8, 4) is 0 Å². The molecule has 1 saturated carbocycles. The van der Waals surface area contributed by atoms with E-state index < -0.39 is 0 Å². The maximum absolute atomic E-state index is 9.73. The van der Waals surface area contributed by atoms with E-state index in [1.165, 1.54) is 0 Å². The van der Waals surface area contributed by atoms with Crippen molar-refractivity contribution in [2.24, 2.45) is 17.8 Å². The van der Waals surface area contributed by atoms with Crippen LogP contribution >= 0.6 is 0 Å². The highest BCUT2D eigenvalue weighted by Crippen LogP contribution is 2.33. The lowest BCUT2D eigenvalue weighted by Gasteiger charge is -2.34. The van der Waals surface area contributed by atoms with Crippen LogP contribution in [0.4, 0.5) is 0 Å². The highest BCUT2D eigenvalue weighted by Gasteiger charge is 2.30. The minimum atomic E-state index is -0.184. The van der Waals surface area contributed by atoms with Crippen molar-refractivity contribution in [3.63, 3.8) is 0 Å². The van der Waals surface area contributed by atoms with E-state index in [2.05, 4.69) is 13.8 Å². The Kier molecular flexibility index (Phi) is 3.53. The van der Waals surface area contributed by atoms with Crippen LogP contribution in [0.2, 0.25) is 0 Å². The maximum Gasteiger partial charge on any atom is 0.0574 e. The first-order valence-electron chi connectivity index (χ1n) is 4.94. The monoisotopic (exact) mass is 172 g/mol. The average molecular weight is 172 g/mol. The molecule has 0 aromatic carbocycles. The molecule has 0 saturated heterocycles. The van der Waals surface area contributed by atoms with Gasteiger partial charge in [-0.05, 0) is 37.0 Å². The fourth-order valence-electron chi connectivity index (χ4n) is 2.20. The predicted molar refractivity (Wildman–Crippen MR) is 48.8 cm³/mol. The molecule has 0 aliphatic heterocycles. The van der Waals surface area contributed by atoms with Crippen LogP contribution in [0.5, 0.6) is 0 Å². The predicted octanol–water partition coefficient (Wildman–Crippen LogP) is 1.41. The fourth-order valence-corrected chi connectivity index (χ4v) is 2.20. The maximum atomic E-state index is 9.73. The molecule has 0 spiro atoms. The van der Waals surface area contributed by atoms with E-state index in [9.17, 15) is 5.11 Å². The normalized spacial score (nSPS) is 37.2. The van der Waals surface area contributed by atoms with Crippen LogP contribution in [0.25, 0.3) is 0 Å². The average Bonchev–Trinajstić information content (AvgIpc) is 2.03. The SMILES string of the molecule is CC(C)[C@@H]1CC[C@@H](CO)C[C@H]1O. The number of aliphatic hydroxyl groups is 2. The Labute approximate surface area is 74.6 Å². The molecule has 1 rings (SSSR count). The molecule has 0 amide bonds. The summed E-state index contributed by atoms with van der Waals surface area (Å²) < 4.78 is 0. The summed E-state index contributed by atoms with van der Waals surface area (Å²) in [5, 5.41) is 18.7. The zero-order valence-corrected chi connectivity index (χ0v) is 8.03. The molecular formula is C10H20O2. The molecule has 0 aromatic rings. The molecule has 72 valence electrons. The van der Waals surface area contributed by atoms with Crippen LogP contribution in [-0.4, -0.2) is 22.9 Å². The molecule has 0 aromatic heterocycles. The Hall–Kier alpha value is -0.0800. The molecule has 1 aliphatic carbocycles. The van der Waals surface area contributed by atoms with Crippen molar-refractivity contribution in [2.45, 2.75) is 39.2 Å². The minimum Gasteiger partial charge on any atom is -0.396 e. The Bertz CT molecular complexity index is 134. The summed E-state index contributed by atoms with van der Waals surface area (Å²) in [6.45, 7) is 4.56. The quantitative estimate of drug-likeness (QED) is 0.661. The summed E-state index contributed by atoms with van der Waals surface area (Å²) in [6, 6.07) is 0. The lowest BCUT2D eigenvalue weighted by Crippen LogP contribution is -2.33. The number of rotatable bonds is 2. The van der Waals surface area contributed by atoms with Crippen LogP contribution in [0, 0.1) is 17.8 Å². The minimum absolute atomic E-state index is 0.184. The third-order valence-electron chi connectivity index (χ3n) is 3.09. The number of aliphatic hydroxyl groups excluding tert-OH is 2. The van der Waals surface area contributed by atoms with E-state index in [0.717, 1.165) is 19.3 Å². The molecule has 2 heteroatoms. The molecule has 0 radical (unpaired) electrons. The van der Waals surface area contributed by atoms with Crippen molar-refractivity contribution in [3.05, 3.63) is 0 Å². The van der Waals surface area contributed by atoms with Crippen LogP contribution in [0.15, 0.2) is 0 Å². The van der Waals surface area contributed by atoms with Gasteiger partial charge in [-0.3, -0.25) is 0 Å². The molecule has 12 heavy (non-hydrogen) atoms. The standard InChI is InChI=1S/C10H20O2/c1-7(2)9-4-3-8(6-11)5-10(9)12/h7-12H,3-6H2,1-2H3/t8-,9+,10-/m1/s1. The Morgan fingerprint density at radius 3 is 2.42 bits per heavy atom. The second-order valence-corrected chi connectivity index (χ2v) is 4.34. The van der Waals surface area contributed by atoms with Crippen LogP contribution < -0.4 is 0 Å². The molecule has 1 fully saturated rings. The lowest BCUT2D eigenvalue weighted by molar-refractivity contribution is 0.00928. The van der Waals surface area contributed by atoms with Crippen LogP contribution in [0.3, 0.4) is 0 Å². The molecule has 0 bridgehead atoms. The first kappa shape index (κ1) is 10.0. The Morgan fingerprint density at radius 1 is 1.33 bits per heavy atom. The fraction of sp³-hybridized carbons (Fsp3) is 1.00. The van der Waals surface area contributed by atoms with E-state index in [1.54, 1.807) is 0 Å². The Morgan fingerprint density at radius 2 is 2.00 bits per heavy atom. The van der Waals surface area contributed by atoms with Crippen molar-refractivity contribution in [1.29, 1.82) is 0 Å². The van der Waals surface area contributed by atoms with Crippen molar-refractivity contribution < 1.29 is 10.2 Å². The van der Waals surface area contributed by atoms with Gasteiger partial charge in [0.25, 0.3) is 0 Å². The second kappa shape index (κ2) is 4.24. The van der Waals surface area contributed by atoms with Gasteiger partial charge in [-0.15, -0.1) is 0 Å². The van der Waals surface area contributed by atoms with Gasteiger partial charge in [0.15, 0.2) is 0 Å². The molecule has 2 N–H and O–H groups in total.